The summed E-state index contributed by atoms with van der Waals surface area (Å²) in [6.45, 7) is 10.3. The van der Waals surface area contributed by atoms with Gasteiger partial charge in [-0.15, -0.1) is 0 Å². The number of hydrogen-bond acceptors (Lipinski definition) is 1. The van der Waals surface area contributed by atoms with E-state index in [1.54, 1.807) is 0 Å². The largest absolute Gasteiger partial charge is 0.538 e. The van der Waals surface area contributed by atoms with E-state index in [0.717, 1.165) is 13.1 Å². The molecule has 1 heterocycles. The molecule has 0 amide bonds. The van der Waals surface area contributed by atoms with E-state index in [0.29, 0.717) is 12.1 Å². The Morgan fingerprint density at radius 2 is 1.11 bits per heavy atom. The lowest BCUT2D eigenvalue weighted by Crippen LogP contribution is -2.39. The molecule has 28 heavy (non-hydrogen) atoms. The molecule has 2 aromatic rings. The fraction of sp³-hybridized carbons (Fsp3) is 0.500. The van der Waals surface area contributed by atoms with E-state index in [4.69, 9.17) is 0 Å². The summed E-state index contributed by atoms with van der Waals surface area (Å²) in [6, 6.07) is 13.8. The summed E-state index contributed by atoms with van der Waals surface area (Å²) >= 11 is 0. The third kappa shape index (κ3) is 3.56. The van der Waals surface area contributed by atoms with Crippen LogP contribution in [0, 0.1) is 27.7 Å². The molecule has 0 radical (unpaired) electrons. The van der Waals surface area contributed by atoms with Crippen molar-refractivity contribution < 1.29 is 4.57 Å². The minimum atomic E-state index is -1.52. The van der Waals surface area contributed by atoms with E-state index in [-0.39, 0.29) is 0 Å². The standard InChI is InChI=1S/C24H32N2OP/c1-17-9-7-10-18(2)21(17)15-25-23-13-5-6-14-24(23)26(28(25)27)16-22-19(3)11-8-12-20(22)4/h7-12,23-24H,5-6,13-16H2,1-4H3/q+1/t23-,24-/m1/s1. The second-order valence-electron chi connectivity index (χ2n) is 8.61. The van der Waals surface area contributed by atoms with Crippen LogP contribution in [0.5, 0.6) is 0 Å². The lowest BCUT2D eigenvalue weighted by molar-refractivity contribution is 0.197. The number of rotatable bonds is 4. The molecule has 0 aromatic heterocycles. The minimum absolute atomic E-state index is 0.417. The maximum Gasteiger partial charge on any atom is 0.538 e. The molecular weight excluding hydrogens is 363 g/mol. The summed E-state index contributed by atoms with van der Waals surface area (Å²) in [5.74, 6) is 0. The smallest absolute Gasteiger partial charge is 0.0698 e. The number of benzene rings is 2. The highest BCUT2D eigenvalue weighted by Crippen LogP contribution is 2.51. The van der Waals surface area contributed by atoms with Crippen molar-refractivity contribution in [3.05, 3.63) is 69.8 Å². The predicted octanol–water partition coefficient (Wildman–Crippen LogP) is 6.21. The van der Waals surface area contributed by atoms with Gasteiger partial charge >= 0.3 is 8.10 Å². The van der Waals surface area contributed by atoms with E-state index in [1.807, 2.05) is 0 Å². The van der Waals surface area contributed by atoms with Crippen molar-refractivity contribution in [1.82, 2.24) is 9.34 Å². The van der Waals surface area contributed by atoms with Crippen molar-refractivity contribution in [3.63, 3.8) is 0 Å². The van der Waals surface area contributed by atoms with Gasteiger partial charge in [0.25, 0.3) is 0 Å². The van der Waals surface area contributed by atoms with Gasteiger partial charge in [0.05, 0.1) is 25.2 Å². The van der Waals surface area contributed by atoms with Gasteiger partial charge in [-0.2, -0.15) is 0 Å². The molecule has 2 fully saturated rings. The van der Waals surface area contributed by atoms with Crippen LogP contribution in [0.2, 0.25) is 0 Å². The third-order valence-corrected chi connectivity index (χ3v) is 8.58. The zero-order valence-corrected chi connectivity index (χ0v) is 18.5. The molecule has 148 valence electrons. The molecule has 0 N–H and O–H groups in total. The van der Waals surface area contributed by atoms with E-state index in [1.165, 1.54) is 59.1 Å². The van der Waals surface area contributed by atoms with Crippen LogP contribution >= 0.6 is 8.10 Å². The molecule has 2 aromatic carbocycles. The summed E-state index contributed by atoms with van der Waals surface area (Å²) in [6.07, 6.45) is 4.84. The maximum atomic E-state index is 13.7. The molecule has 1 aliphatic heterocycles. The van der Waals surface area contributed by atoms with Crippen molar-refractivity contribution in [2.75, 3.05) is 0 Å². The van der Waals surface area contributed by atoms with Crippen molar-refractivity contribution in [3.8, 4) is 0 Å². The number of nitrogens with zero attached hydrogens (tertiary/aromatic N) is 2. The topological polar surface area (TPSA) is 23.6 Å². The lowest BCUT2D eigenvalue weighted by Gasteiger charge is -2.27. The molecule has 0 bridgehead atoms. The Morgan fingerprint density at radius 1 is 0.750 bits per heavy atom. The summed E-state index contributed by atoms with van der Waals surface area (Å²) in [5, 5.41) is 0. The molecule has 2 atom stereocenters. The van der Waals surface area contributed by atoms with Gasteiger partial charge in [-0.1, -0.05) is 58.6 Å². The quantitative estimate of drug-likeness (QED) is 0.575. The Labute approximate surface area is 170 Å². The Bertz CT molecular complexity index is 782. The molecule has 1 saturated carbocycles. The van der Waals surface area contributed by atoms with E-state index in [9.17, 15) is 4.57 Å². The molecule has 3 nitrogen and oxygen atoms in total. The minimum Gasteiger partial charge on any atom is -0.0698 e. The summed E-state index contributed by atoms with van der Waals surface area (Å²) < 4.78 is 18.4. The monoisotopic (exact) mass is 395 g/mol. The van der Waals surface area contributed by atoms with Gasteiger partial charge in [0, 0.05) is 0 Å². The zero-order chi connectivity index (χ0) is 19.8. The second-order valence-corrected chi connectivity index (χ2v) is 10.1. The van der Waals surface area contributed by atoms with Gasteiger partial charge in [0.2, 0.25) is 0 Å². The zero-order valence-electron chi connectivity index (χ0n) is 17.6. The van der Waals surface area contributed by atoms with Gasteiger partial charge in [0.15, 0.2) is 0 Å². The fourth-order valence-electron chi connectivity index (χ4n) is 5.06. The van der Waals surface area contributed by atoms with E-state index < -0.39 is 8.10 Å². The van der Waals surface area contributed by atoms with Crippen LogP contribution < -0.4 is 0 Å². The second kappa shape index (κ2) is 8.06. The molecule has 1 aliphatic carbocycles. The predicted molar refractivity (Wildman–Crippen MR) is 117 cm³/mol. The van der Waals surface area contributed by atoms with Crippen molar-refractivity contribution in [1.29, 1.82) is 0 Å². The molecule has 0 spiro atoms. The van der Waals surface area contributed by atoms with E-state index in [2.05, 4.69) is 73.4 Å². The SMILES string of the molecule is Cc1cccc(C)c1CN1[C@@H]2CCCC[C@H]2N(Cc2c(C)cccc2C)[P+]1=O. The summed E-state index contributed by atoms with van der Waals surface area (Å²) in [7, 11) is -1.52. The summed E-state index contributed by atoms with van der Waals surface area (Å²) in [5.41, 5.74) is 7.94. The van der Waals surface area contributed by atoms with Gasteiger partial charge in [-0.25, -0.2) is 0 Å². The highest BCUT2D eigenvalue weighted by molar-refractivity contribution is 7.39. The first-order chi connectivity index (χ1) is 13.5. The average molecular weight is 396 g/mol. The Balaban J connectivity index is 1.65. The van der Waals surface area contributed by atoms with Crippen molar-refractivity contribution in [2.45, 2.75) is 78.6 Å². The number of fused-ring (bicyclic) bond motifs is 1. The normalized spacial score (nSPS) is 23.2. The summed E-state index contributed by atoms with van der Waals surface area (Å²) in [4.78, 5) is 0. The molecule has 4 rings (SSSR count). The van der Waals surface area contributed by atoms with Gasteiger partial charge in [-0.05, 0) is 78.5 Å². The average Bonchev–Trinajstić information content (AvgIpc) is 2.93. The first-order valence-corrected chi connectivity index (χ1v) is 11.7. The van der Waals surface area contributed by atoms with Crippen molar-refractivity contribution >= 4 is 8.10 Å². The lowest BCUT2D eigenvalue weighted by atomic mass is 9.89. The molecular formula is C24H32N2OP+. The van der Waals surface area contributed by atoms with E-state index >= 15 is 0 Å². The maximum absolute atomic E-state index is 13.7. The van der Waals surface area contributed by atoms with Crippen LogP contribution in [0.1, 0.15) is 59.1 Å². The molecule has 1 saturated heterocycles. The van der Waals surface area contributed by atoms with Gasteiger partial charge in [0.1, 0.15) is 0 Å². The Morgan fingerprint density at radius 3 is 1.46 bits per heavy atom. The van der Waals surface area contributed by atoms with Crippen LogP contribution in [-0.2, 0) is 17.7 Å². The van der Waals surface area contributed by atoms with Gasteiger partial charge in [-0.3, -0.25) is 0 Å². The van der Waals surface area contributed by atoms with Crippen LogP contribution in [0.3, 0.4) is 0 Å². The van der Waals surface area contributed by atoms with Crippen LogP contribution in [-0.4, -0.2) is 21.4 Å². The van der Waals surface area contributed by atoms with Crippen LogP contribution in [0.4, 0.5) is 0 Å². The molecule has 0 unspecified atom stereocenters. The highest BCUT2D eigenvalue weighted by atomic mass is 31.1. The third-order valence-electron chi connectivity index (χ3n) is 6.83. The first kappa shape index (κ1) is 19.8. The van der Waals surface area contributed by atoms with Crippen molar-refractivity contribution in [2.24, 2.45) is 0 Å². The fourth-order valence-corrected chi connectivity index (χ4v) is 6.93. The highest BCUT2D eigenvalue weighted by Gasteiger charge is 2.57. The number of hydrogen-bond donors (Lipinski definition) is 0. The van der Waals surface area contributed by atoms with Gasteiger partial charge < -0.3 is 0 Å². The first-order valence-electron chi connectivity index (χ1n) is 10.6. The number of aryl methyl sites for hydroxylation is 4. The van der Waals surface area contributed by atoms with Crippen LogP contribution in [0.15, 0.2) is 36.4 Å². The molecule has 4 heteroatoms. The Hall–Kier alpha value is -1.54. The van der Waals surface area contributed by atoms with Crippen LogP contribution in [0.25, 0.3) is 0 Å². The Kier molecular flexibility index (Phi) is 5.69. The molecule has 2 aliphatic rings.